The first-order chi connectivity index (χ1) is 4.78. The molecule has 3 aliphatic rings. The molecule has 1 heteroatoms. The monoisotopic (exact) mass is 137 g/mol. The average Bonchev–Trinajstić information content (AvgIpc) is 2.36. The first-order valence-corrected chi connectivity index (χ1v) is 4.51. The van der Waals surface area contributed by atoms with Gasteiger partial charge in [0.1, 0.15) is 0 Å². The largest absolute Gasteiger partial charge is 0.294 e. The zero-order chi connectivity index (χ0) is 6.93. The minimum absolute atomic E-state index is 0.750. The van der Waals surface area contributed by atoms with Crippen molar-refractivity contribution >= 4 is 0 Å². The SMILES string of the molecule is CC1CC2CCC3N(C)C123. The Balaban J connectivity index is 1.98. The van der Waals surface area contributed by atoms with E-state index in [-0.39, 0.29) is 0 Å². The van der Waals surface area contributed by atoms with E-state index in [1.807, 2.05) is 0 Å². The zero-order valence-electron chi connectivity index (χ0n) is 6.80. The van der Waals surface area contributed by atoms with Crippen molar-refractivity contribution in [2.24, 2.45) is 11.8 Å². The van der Waals surface area contributed by atoms with Gasteiger partial charge in [0.25, 0.3) is 0 Å². The van der Waals surface area contributed by atoms with Crippen LogP contribution in [0.4, 0.5) is 0 Å². The Morgan fingerprint density at radius 1 is 1.40 bits per heavy atom. The molecule has 0 aromatic carbocycles. The summed E-state index contributed by atoms with van der Waals surface area (Å²) in [5, 5.41) is 0. The molecule has 0 aromatic rings. The van der Waals surface area contributed by atoms with Crippen LogP contribution >= 0.6 is 0 Å². The smallest absolute Gasteiger partial charge is 0.0419 e. The third-order valence-corrected chi connectivity index (χ3v) is 4.41. The van der Waals surface area contributed by atoms with E-state index in [4.69, 9.17) is 0 Å². The molecular weight excluding hydrogens is 122 g/mol. The number of likely N-dealkylation sites (N-methyl/N-ethyl adjacent to an activating group) is 1. The third kappa shape index (κ3) is 0.315. The van der Waals surface area contributed by atoms with E-state index < -0.39 is 0 Å². The van der Waals surface area contributed by atoms with Crippen molar-refractivity contribution < 1.29 is 0 Å². The number of likely N-dealkylation sites (tertiary alicyclic amines) is 1. The third-order valence-electron chi connectivity index (χ3n) is 4.41. The Morgan fingerprint density at radius 3 is 2.60 bits per heavy atom. The van der Waals surface area contributed by atoms with Gasteiger partial charge in [0.2, 0.25) is 0 Å². The molecule has 1 aliphatic heterocycles. The Morgan fingerprint density at radius 2 is 2.20 bits per heavy atom. The molecule has 1 spiro atoms. The van der Waals surface area contributed by atoms with Crippen LogP contribution in [0.15, 0.2) is 0 Å². The summed E-state index contributed by atoms with van der Waals surface area (Å²) in [6.07, 6.45) is 4.53. The van der Waals surface area contributed by atoms with E-state index in [1.165, 1.54) is 19.3 Å². The Hall–Kier alpha value is -0.0400. The maximum Gasteiger partial charge on any atom is 0.0419 e. The predicted octanol–water partition coefficient (Wildman–Crippen LogP) is 1.49. The van der Waals surface area contributed by atoms with Gasteiger partial charge in [-0.3, -0.25) is 4.90 Å². The highest BCUT2D eigenvalue weighted by Gasteiger charge is 2.75. The highest BCUT2D eigenvalue weighted by Crippen LogP contribution is 2.68. The van der Waals surface area contributed by atoms with Gasteiger partial charge in [0.15, 0.2) is 0 Å². The van der Waals surface area contributed by atoms with Gasteiger partial charge in [-0.25, -0.2) is 0 Å². The molecule has 5 unspecified atom stereocenters. The molecule has 5 atom stereocenters. The van der Waals surface area contributed by atoms with Gasteiger partial charge in [-0.05, 0) is 38.1 Å². The van der Waals surface area contributed by atoms with E-state index in [9.17, 15) is 0 Å². The van der Waals surface area contributed by atoms with Crippen molar-refractivity contribution in [2.75, 3.05) is 7.05 Å². The fourth-order valence-electron chi connectivity index (χ4n) is 3.95. The number of piperidine rings is 1. The quantitative estimate of drug-likeness (QED) is 0.457. The van der Waals surface area contributed by atoms with Crippen molar-refractivity contribution in [1.82, 2.24) is 4.90 Å². The molecule has 56 valence electrons. The molecule has 0 radical (unpaired) electrons. The second-order valence-corrected chi connectivity index (χ2v) is 4.43. The van der Waals surface area contributed by atoms with Gasteiger partial charge in [0, 0.05) is 11.6 Å². The Bertz CT molecular complexity index is 177. The first-order valence-electron chi connectivity index (χ1n) is 4.51. The van der Waals surface area contributed by atoms with Crippen molar-refractivity contribution in [3.05, 3.63) is 0 Å². The van der Waals surface area contributed by atoms with Crippen LogP contribution in [0.5, 0.6) is 0 Å². The molecule has 2 aliphatic carbocycles. The van der Waals surface area contributed by atoms with Crippen LogP contribution in [0.1, 0.15) is 26.2 Å². The molecule has 3 rings (SSSR count). The molecule has 0 N–H and O–H groups in total. The summed E-state index contributed by atoms with van der Waals surface area (Å²) in [5.74, 6) is 2.10. The van der Waals surface area contributed by atoms with Crippen molar-refractivity contribution in [2.45, 2.75) is 37.8 Å². The summed E-state index contributed by atoms with van der Waals surface area (Å²) >= 11 is 0. The minimum atomic E-state index is 0.750. The van der Waals surface area contributed by atoms with E-state index in [2.05, 4.69) is 18.9 Å². The van der Waals surface area contributed by atoms with Crippen LogP contribution < -0.4 is 0 Å². The molecule has 3 fully saturated rings. The molecule has 0 aromatic heterocycles. The standard InChI is InChI=1S/C9H15N/c1-6-5-7-3-4-8-9(6,7)10(8)2/h6-8H,3-5H2,1-2H3. The lowest BCUT2D eigenvalue weighted by molar-refractivity contribution is 0.0948. The van der Waals surface area contributed by atoms with Crippen LogP contribution in [0, 0.1) is 11.8 Å². The molecule has 10 heavy (non-hydrogen) atoms. The van der Waals surface area contributed by atoms with Gasteiger partial charge < -0.3 is 0 Å². The molecule has 1 nitrogen and oxygen atoms in total. The van der Waals surface area contributed by atoms with Crippen LogP contribution in [-0.2, 0) is 0 Å². The maximum absolute atomic E-state index is 2.62. The van der Waals surface area contributed by atoms with Crippen LogP contribution in [0.2, 0.25) is 0 Å². The fourth-order valence-corrected chi connectivity index (χ4v) is 3.95. The second-order valence-electron chi connectivity index (χ2n) is 4.43. The van der Waals surface area contributed by atoms with Gasteiger partial charge in [0.05, 0.1) is 0 Å². The molecule has 0 bridgehead atoms. The number of nitrogens with zero attached hydrogens (tertiary/aromatic N) is 1. The van der Waals surface area contributed by atoms with Gasteiger partial charge in [-0.15, -0.1) is 0 Å². The summed E-state index contributed by atoms with van der Waals surface area (Å²) in [6, 6.07) is 1.00. The normalized spacial score (nSPS) is 70.2. The van der Waals surface area contributed by atoms with Crippen LogP contribution in [-0.4, -0.2) is 23.5 Å². The van der Waals surface area contributed by atoms with Gasteiger partial charge >= 0.3 is 0 Å². The van der Waals surface area contributed by atoms with Crippen molar-refractivity contribution in [3.8, 4) is 0 Å². The summed E-state index contributed by atoms with van der Waals surface area (Å²) in [7, 11) is 2.31. The topological polar surface area (TPSA) is 3.01 Å². The van der Waals surface area contributed by atoms with Crippen molar-refractivity contribution in [1.29, 1.82) is 0 Å². The Labute approximate surface area is 62.4 Å². The highest BCUT2D eigenvalue weighted by molar-refractivity contribution is 5.30. The molecule has 1 heterocycles. The average molecular weight is 137 g/mol. The summed E-state index contributed by atoms with van der Waals surface area (Å²) < 4.78 is 0. The van der Waals surface area contributed by atoms with Crippen LogP contribution in [0.25, 0.3) is 0 Å². The fraction of sp³-hybridized carbons (Fsp3) is 1.00. The first kappa shape index (κ1) is 5.59. The van der Waals surface area contributed by atoms with Crippen LogP contribution in [0.3, 0.4) is 0 Å². The van der Waals surface area contributed by atoms with E-state index in [0.29, 0.717) is 0 Å². The highest BCUT2D eigenvalue weighted by atomic mass is 15.4. The second kappa shape index (κ2) is 1.29. The maximum atomic E-state index is 2.62. The molecule has 0 amide bonds. The lowest BCUT2D eigenvalue weighted by Crippen LogP contribution is -2.45. The number of hydrogen-bond acceptors (Lipinski definition) is 1. The summed E-state index contributed by atoms with van der Waals surface area (Å²) in [4.78, 5) is 2.62. The van der Waals surface area contributed by atoms with Crippen molar-refractivity contribution in [3.63, 3.8) is 0 Å². The Kier molecular flexibility index (Phi) is 0.722. The van der Waals surface area contributed by atoms with Gasteiger partial charge in [-0.2, -0.15) is 0 Å². The summed E-state index contributed by atoms with van der Waals surface area (Å²) in [6.45, 7) is 2.43. The number of rotatable bonds is 0. The predicted molar refractivity (Wildman–Crippen MR) is 40.8 cm³/mol. The van der Waals surface area contributed by atoms with E-state index >= 15 is 0 Å². The van der Waals surface area contributed by atoms with E-state index in [1.54, 1.807) is 0 Å². The molecule has 1 saturated heterocycles. The van der Waals surface area contributed by atoms with E-state index in [0.717, 1.165) is 23.4 Å². The number of hydrogen-bond donors (Lipinski definition) is 0. The zero-order valence-corrected chi connectivity index (χ0v) is 6.80. The summed E-state index contributed by atoms with van der Waals surface area (Å²) in [5.41, 5.74) is 0.750. The molecule has 2 saturated carbocycles. The lowest BCUT2D eigenvalue weighted by atomic mass is 9.65. The van der Waals surface area contributed by atoms with Gasteiger partial charge in [-0.1, -0.05) is 6.92 Å². The lowest BCUT2D eigenvalue weighted by Gasteiger charge is -2.42. The molecular formula is C9H15N. The minimum Gasteiger partial charge on any atom is -0.294 e.